The number of furan rings is 1. The fourth-order valence-corrected chi connectivity index (χ4v) is 3.15. The van der Waals surface area contributed by atoms with Crippen molar-refractivity contribution in [2.24, 2.45) is 11.3 Å². The summed E-state index contributed by atoms with van der Waals surface area (Å²) in [6.45, 7) is 14.5. The van der Waals surface area contributed by atoms with E-state index in [1.807, 2.05) is 44.2 Å². The van der Waals surface area contributed by atoms with Crippen LogP contribution in [0.5, 0.6) is 0 Å². The number of halogens is 1. The summed E-state index contributed by atoms with van der Waals surface area (Å²) < 4.78 is 6.15. The number of hydrogen-bond acceptors (Lipinski definition) is 2. The second-order valence-electron chi connectivity index (χ2n) is 8.52. The third kappa shape index (κ3) is 5.26. The van der Waals surface area contributed by atoms with Gasteiger partial charge in [-0.1, -0.05) is 77.4 Å². The Balaban J connectivity index is 2.79. The van der Waals surface area contributed by atoms with Gasteiger partial charge in [-0.05, 0) is 48.1 Å². The number of carbonyl (C=O) groups excluding carboxylic acids is 1. The molecule has 0 saturated heterocycles. The van der Waals surface area contributed by atoms with E-state index in [1.54, 1.807) is 0 Å². The molecule has 2 nitrogen and oxygen atoms in total. The van der Waals surface area contributed by atoms with E-state index in [2.05, 4.69) is 46.8 Å². The smallest absolute Gasteiger partial charge is 0.200 e. The maximum atomic E-state index is 12.5. The molecule has 0 aliphatic heterocycles. The predicted molar refractivity (Wildman–Crippen MR) is 120 cm³/mol. The topological polar surface area (TPSA) is 30.2 Å². The zero-order chi connectivity index (χ0) is 21.1. The number of carbonyl (C=O) groups is 1. The molecule has 0 bridgehead atoms. The SMILES string of the molecule is CC\C=c1/cc(C(=O)C(C)C)o/c1=C(/C=C(\C)c1ccc(Cl)cc1)C(C)(C)C. The fourth-order valence-electron chi connectivity index (χ4n) is 3.03. The number of Topliss-reactive ketones (excluding diaryl/α,β-unsaturated/α-hetero) is 1. The van der Waals surface area contributed by atoms with Gasteiger partial charge in [-0.15, -0.1) is 0 Å². The summed E-state index contributed by atoms with van der Waals surface area (Å²) in [5.41, 5.74) is 3.93. The lowest BCUT2D eigenvalue weighted by atomic mass is 9.84. The van der Waals surface area contributed by atoms with Gasteiger partial charge in [0.25, 0.3) is 0 Å². The average Bonchev–Trinajstić information content (AvgIpc) is 3.02. The van der Waals surface area contributed by atoms with E-state index in [-0.39, 0.29) is 17.1 Å². The highest BCUT2D eigenvalue weighted by Crippen LogP contribution is 2.30. The second kappa shape index (κ2) is 8.96. The van der Waals surface area contributed by atoms with Gasteiger partial charge in [-0.25, -0.2) is 0 Å². The molecule has 0 fully saturated rings. The van der Waals surface area contributed by atoms with Crippen molar-refractivity contribution in [3.8, 4) is 0 Å². The maximum absolute atomic E-state index is 12.5. The summed E-state index contributed by atoms with van der Waals surface area (Å²) in [6.07, 6.45) is 5.16. The largest absolute Gasteiger partial charge is 0.453 e. The monoisotopic (exact) mass is 398 g/mol. The van der Waals surface area contributed by atoms with Crippen molar-refractivity contribution in [3.05, 3.63) is 63.4 Å². The molecule has 150 valence electrons. The Morgan fingerprint density at radius 1 is 1.18 bits per heavy atom. The molecular weight excluding hydrogens is 368 g/mol. The van der Waals surface area contributed by atoms with E-state index in [1.165, 1.54) is 0 Å². The number of ketones is 1. The molecule has 1 heterocycles. The fraction of sp³-hybridized carbons (Fsp3) is 0.400. The summed E-state index contributed by atoms with van der Waals surface area (Å²) in [7, 11) is 0. The molecule has 0 saturated carbocycles. The van der Waals surface area contributed by atoms with Crippen molar-refractivity contribution < 1.29 is 9.21 Å². The van der Waals surface area contributed by atoms with E-state index in [9.17, 15) is 4.79 Å². The second-order valence-corrected chi connectivity index (χ2v) is 8.96. The Morgan fingerprint density at radius 3 is 2.29 bits per heavy atom. The first-order valence-corrected chi connectivity index (χ1v) is 10.3. The summed E-state index contributed by atoms with van der Waals surface area (Å²) >= 11 is 6.03. The standard InChI is InChI=1S/C25H31ClO2/c1-8-9-19-15-22(23(27)16(2)3)28-24(19)21(25(5,6)7)14-17(4)18-10-12-20(26)13-11-18/h9-16H,8H2,1-7H3/b17-14+,19-9+,24-21-. The Morgan fingerprint density at radius 2 is 1.79 bits per heavy atom. The van der Waals surface area contributed by atoms with Gasteiger partial charge < -0.3 is 4.42 Å². The molecule has 0 amide bonds. The normalized spacial score (nSPS) is 14.6. The van der Waals surface area contributed by atoms with E-state index >= 15 is 0 Å². The summed E-state index contributed by atoms with van der Waals surface area (Å²) in [6, 6.07) is 9.71. The number of benzene rings is 1. The third-order valence-electron chi connectivity index (χ3n) is 4.67. The zero-order valence-electron chi connectivity index (χ0n) is 18.0. The van der Waals surface area contributed by atoms with Crippen molar-refractivity contribution in [1.82, 2.24) is 0 Å². The Bertz CT molecular complexity index is 981. The van der Waals surface area contributed by atoms with Crippen molar-refractivity contribution in [2.75, 3.05) is 0 Å². The Labute approximate surface area is 173 Å². The van der Waals surface area contributed by atoms with Crippen LogP contribution in [0.25, 0.3) is 17.2 Å². The highest BCUT2D eigenvalue weighted by molar-refractivity contribution is 6.30. The van der Waals surface area contributed by atoms with Gasteiger partial charge in [-0.2, -0.15) is 0 Å². The summed E-state index contributed by atoms with van der Waals surface area (Å²) in [5, 5.41) is 1.70. The predicted octanol–water partition coefficient (Wildman–Crippen LogP) is 6.26. The number of hydrogen-bond donors (Lipinski definition) is 0. The lowest BCUT2D eigenvalue weighted by Crippen LogP contribution is -2.27. The molecule has 0 aliphatic carbocycles. The highest BCUT2D eigenvalue weighted by Gasteiger charge is 2.21. The van der Waals surface area contributed by atoms with Crippen LogP contribution < -0.4 is 10.6 Å². The first-order valence-electron chi connectivity index (χ1n) is 9.87. The van der Waals surface area contributed by atoms with E-state index in [0.29, 0.717) is 5.76 Å². The Kier molecular flexibility index (Phi) is 7.11. The minimum absolute atomic E-state index is 0.0312. The molecule has 2 rings (SSSR count). The lowest BCUT2D eigenvalue weighted by molar-refractivity contribution is 0.0909. The quantitative estimate of drug-likeness (QED) is 0.556. The first kappa shape index (κ1) is 22.2. The van der Waals surface area contributed by atoms with Crippen LogP contribution in [0, 0.1) is 11.3 Å². The molecule has 1 aromatic carbocycles. The molecule has 2 aromatic rings. The van der Waals surface area contributed by atoms with Gasteiger partial charge in [-0.3, -0.25) is 4.79 Å². The van der Waals surface area contributed by atoms with Crippen molar-refractivity contribution in [2.45, 2.75) is 54.9 Å². The molecule has 28 heavy (non-hydrogen) atoms. The van der Waals surface area contributed by atoms with E-state index in [4.69, 9.17) is 16.0 Å². The highest BCUT2D eigenvalue weighted by atomic mass is 35.5. The molecular formula is C25H31ClO2. The zero-order valence-corrected chi connectivity index (χ0v) is 18.8. The minimum atomic E-state index is -0.153. The Hall–Kier alpha value is -2.06. The van der Waals surface area contributed by atoms with Crippen LogP contribution in [0.2, 0.25) is 5.02 Å². The van der Waals surface area contributed by atoms with Gasteiger partial charge in [0.1, 0.15) is 5.42 Å². The van der Waals surface area contributed by atoms with E-state index in [0.717, 1.165) is 38.8 Å². The van der Waals surface area contributed by atoms with Crippen LogP contribution in [0.1, 0.15) is 71.0 Å². The molecule has 0 aliphatic rings. The van der Waals surface area contributed by atoms with Crippen LogP contribution in [-0.2, 0) is 0 Å². The van der Waals surface area contributed by atoms with Crippen LogP contribution in [0.15, 0.2) is 40.8 Å². The summed E-state index contributed by atoms with van der Waals surface area (Å²) in [5.74, 6) is 0.366. The molecule has 1 aromatic heterocycles. The molecule has 0 unspecified atom stereocenters. The van der Waals surface area contributed by atoms with Crippen molar-refractivity contribution in [3.63, 3.8) is 0 Å². The molecule has 0 atom stereocenters. The first-order chi connectivity index (χ1) is 13.0. The van der Waals surface area contributed by atoms with Gasteiger partial charge >= 0.3 is 0 Å². The van der Waals surface area contributed by atoms with Gasteiger partial charge in [0.05, 0.1) is 0 Å². The van der Waals surface area contributed by atoms with Crippen LogP contribution in [0.4, 0.5) is 0 Å². The van der Waals surface area contributed by atoms with Crippen LogP contribution >= 0.6 is 11.6 Å². The molecule has 0 radical (unpaired) electrons. The number of rotatable bonds is 5. The van der Waals surface area contributed by atoms with Gasteiger partial charge in [0.2, 0.25) is 5.78 Å². The lowest BCUT2D eigenvalue weighted by Gasteiger charge is -2.20. The van der Waals surface area contributed by atoms with Gasteiger partial charge in [0, 0.05) is 21.7 Å². The summed E-state index contributed by atoms with van der Waals surface area (Å²) in [4.78, 5) is 12.5. The van der Waals surface area contributed by atoms with Crippen LogP contribution in [-0.4, -0.2) is 5.78 Å². The number of allylic oxidation sites excluding steroid dienone is 2. The molecule has 0 spiro atoms. The van der Waals surface area contributed by atoms with Gasteiger partial charge in [0.15, 0.2) is 5.76 Å². The molecule has 3 heteroatoms. The maximum Gasteiger partial charge on any atom is 0.200 e. The van der Waals surface area contributed by atoms with Crippen molar-refractivity contribution in [1.29, 1.82) is 0 Å². The minimum Gasteiger partial charge on any atom is -0.453 e. The van der Waals surface area contributed by atoms with E-state index < -0.39 is 0 Å². The van der Waals surface area contributed by atoms with Crippen molar-refractivity contribution >= 4 is 34.6 Å². The molecule has 0 N–H and O–H groups in total. The third-order valence-corrected chi connectivity index (χ3v) is 4.92. The average molecular weight is 399 g/mol. The van der Waals surface area contributed by atoms with Crippen LogP contribution in [0.3, 0.4) is 0 Å².